The van der Waals surface area contributed by atoms with Crippen LogP contribution in [0.4, 0.5) is 5.69 Å². The third kappa shape index (κ3) is 3.44. The average Bonchev–Trinajstić information content (AvgIpc) is 3.02. The standard InChI is InChI=1S/C18H17ClN2O4/c1-11(12-4-3-5-15(9-12)21(23)24)20(2)18(22)17-10-13-8-14(19)6-7-16(13)25-17/h3-9,11,17H,10H2,1-2H3/t11-,17+/m1/s1. The van der Waals surface area contributed by atoms with Crippen molar-refractivity contribution in [2.45, 2.75) is 25.5 Å². The summed E-state index contributed by atoms with van der Waals surface area (Å²) >= 11 is 5.98. The number of rotatable bonds is 4. The van der Waals surface area contributed by atoms with Crippen molar-refractivity contribution in [3.05, 3.63) is 68.7 Å². The van der Waals surface area contributed by atoms with Gasteiger partial charge in [0.05, 0.1) is 11.0 Å². The summed E-state index contributed by atoms with van der Waals surface area (Å²) in [6.07, 6.45) is -0.152. The van der Waals surface area contributed by atoms with E-state index in [1.807, 2.05) is 6.92 Å². The number of hydrogen-bond donors (Lipinski definition) is 0. The van der Waals surface area contributed by atoms with Crippen LogP contribution in [-0.2, 0) is 11.2 Å². The van der Waals surface area contributed by atoms with E-state index in [9.17, 15) is 14.9 Å². The van der Waals surface area contributed by atoms with E-state index in [1.165, 1.54) is 12.1 Å². The first kappa shape index (κ1) is 17.2. The lowest BCUT2D eigenvalue weighted by molar-refractivity contribution is -0.384. The molecule has 1 aliphatic rings. The summed E-state index contributed by atoms with van der Waals surface area (Å²) in [4.78, 5) is 24.8. The number of halogens is 1. The number of carbonyl (C=O) groups is 1. The fourth-order valence-corrected chi connectivity index (χ4v) is 3.09. The first-order valence-electron chi connectivity index (χ1n) is 7.83. The number of nitro groups is 1. The Hall–Kier alpha value is -2.60. The van der Waals surface area contributed by atoms with Gasteiger partial charge in [0.15, 0.2) is 6.10 Å². The van der Waals surface area contributed by atoms with Crippen LogP contribution in [0.3, 0.4) is 0 Å². The molecular weight excluding hydrogens is 344 g/mol. The third-order valence-corrected chi connectivity index (χ3v) is 4.70. The van der Waals surface area contributed by atoms with Gasteiger partial charge in [-0.2, -0.15) is 0 Å². The minimum atomic E-state index is -0.611. The van der Waals surface area contributed by atoms with Gasteiger partial charge >= 0.3 is 0 Å². The lowest BCUT2D eigenvalue weighted by Gasteiger charge is -2.27. The lowest BCUT2D eigenvalue weighted by atomic mass is 10.0. The second-order valence-electron chi connectivity index (χ2n) is 6.04. The fraction of sp³-hybridized carbons (Fsp3) is 0.278. The van der Waals surface area contributed by atoms with Crippen LogP contribution >= 0.6 is 11.6 Å². The molecule has 0 saturated carbocycles. The predicted octanol–water partition coefficient (Wildman–Crippen LogP) is 3.77. The number of hydrogen-bond acceptors (Lipinski definition) is 4. The molecule has 2 aromatic rings. The summed E-state index contributed by atoms with van der Waals surface area (Å²) in [5.74, 6) is 0.491. The third-order valence-electron chi connectivity index (χ3n) is 4.46. The maximum Gasteiger partial charge on any atom is 0.269 e. The Labute approximate surface area is 150 Å². The Kier molecular flexibility index (Phi) is 4.63. The lowest BCUT2D eigenvalue weighted by Crippen LogP contribution is -2.40. The number of nitro benzene ring substituents is 1. The maximum atomic E-state index is 12.8. The van der Waals surface area contributed by atoms with Gasteiger partial charge in [-0.15, -0.1) is 0 Å². The summed E-state index contributed by atoms with van der Waals surface area (Å²) in [7, 11) is 1.67. The molecule has 130 valence electrons. The van der Waals surface area contributed by atoms with Crippen molar-refractivity contribution >= 4 is 23.2 Å². The van der Waals surface area contributed by atoms with Crippen LogP contribution in [0.15, 0.2) is 42.5 Å². The monoisotopic (exact) mass is 360 g/mol. The van der Waals surface area contributed by atoms with Gasteiger partial charge in [0.25, 0.3) is 11.6 Å². The van der Waals surface area contributed by atoms with Crippen molar-refractivity contribution < 1.29 is 14.5 Å². The molecule has 0 fully saturated rings. The fourth-order valence-electron chi connectivity index (χ4n) is 2.89. The molecule has 0 radical (unpaired) electrons. The van der Waals surface area contributed by atoms with E-state index >= 15 is 0 Å². The van der Waals surface area contributed by atoms with Crippen molar-refractivity contribution in [1.29, 1.82) is 0 Å². The van der Waals surface area contributed by atoms with Crippen molar-refractivity contribution in [2.75, 3.05) is 7.05 Å². The second kappa shape index (κ2) is 6.72. The number of benzene rings is 2. The van der Waals surface area contributed by atoms with Crippen molar-refractivity contribution in [2.24, 2.45) is 0 Å². The summed E-state index contributed by atoms with van der Waals surface area (Å²) < 4.78 is 5.73. The largest absolute Gasteiger partial charge is 0.480 e. The van der Waals surface area contributed by atoms with E-state index in [2.05, 4.69) is 0 Å². The van der Waals surface area contributed by atoms with Gasteiger partial charge in [-0.05, 0) is 36.2 Å². The smallest absolute Gasteiger partial charge is 0.269 e. The minimum Gasteiger partial charge on any atom is -0.480 e. The van der Waals surface area contributed by atoms with Crippen molar-refractivity contribution in [3.8, 4) is 5.75 Å². The van der Waals surface area contributed by atoms with Crippen LogP contribution < -0.4 is 4.74 Å². The van der Waals surface area contributed by atoms with E-state index in [1.54, 1.807) is 42.3 Å². The summed E-state index contributed by atoms with van der Waals surface area (Å²) in [6.45, 7) is 1.83. The zero-order valence-corrected chi connectivity index (χ0v) is 14.6. The molecule has 25 heavy (non-hydrogen) atoms. The molecule has 0 aliphatic carbocycles. The molecule has 0 N–H and O–H groups in total. The zero-order valence-electron chi connectivity index (χ0n) is 13.8. The Morgan fingerprint density at radius 3 is 2.84 bits per heavy atom. The molecule has 0 saturated heterocycles. The number of non-ortho nitro benzene ring substituents is 1. The quantitative estimate of drug-likeness (QED) is 0.614. The highest BCUT2D eigenvalue weighted by Gasteiger charge is 2.33. The van der Waals surface area contributed by atoms with Crippen molar-refractivity contribution in [1.82, 2.24) is 4.90 Å². The van der Waals surface area contributed by atoms with Gasteiger partial charge < -0.3 is 9.64 Å². The van der Waals surface area contributed by atoms with E-state index in [-0.39, 0.29) is 17.6 Å². The second-order valence-corrected chi connectivity index (χ2v) is 6.48. The highest BCUT2D eigenvalue weighted by Crippen LogP contribution is 2.33. The normalized spacial score (nSPS) is 16.7. The number of amides is 1. The van der Waals surface area contributed by atoms with E-state index < -0.39 is 11.0 Å². The van der Waals surface area contributed by atoms with Gasteiger partial charge in [0, 0.05) is 30.6 Å². The Bertz CT molecular complexity index is 840. The molecular formula is C18H17ClN2O4. The molecule has 2 aromatic carbocycles. The summed E-state index contributed by atoms with van der Waals surface area (Å²) in [5, 5.41) is 11.5. The Morgan fingerprint density at radius 2 is 2.12 bits per heavy atom. The van der Waals surface area contributed by atoms with Gasteiger partial charge in [0.1, 0.15) is 5.75 Å². The molecule has 3 rings (SSSR count). The number of carbonyl (C=O) groups excluding carboxylic acids is 1. The first-order chi connectivity index (χ1) is 11.9. The minimum absolute atomic E-state index is 0.00404. The molecule has 1 amide bonds. The van der Waals surface area contributed by atoms with Gasteiger partial charge in [-0.3, -0.25) is 14.9 Å². The average molecular weight is 361 g/mol. The van der Waals surface area contributed by atoms with Crippen LogP contribution in [0.1, 0.15) is 24.1 Å². The molecule has 1 heterocycles. The van der Waals surface area contributed by atoms with Gasteiger partial charge in [-0.1, -0.05) is 23.7 Å². The van der Waals surface area contributed by atoms with Crippen molar-refractivity contribution in [3.63, 3.8) is 0 Å². The van der Waals surface area contributed by atoms with Crippen LogP contribution in [0, 0.1) is 10.1 Å². The van der Waals surface area contributed by atoms with E-state index in [0.717, 1.165) is 5.56 Å². The number of nitrogens with zero attached hydrogens (tertiary/aromatic N) is 2. The topological polar surface area (TPSA) is 72.7 Å². The van der Waals surface area contributed by atoms with Gasteiger partial charge in [0.2, 0.25) is 0 Å². The highest BCUT2D eigenvalue weighted by molar-refractivity contribution is 6.30. The van der Waals surface area contributed by atoms with Crippen LogP contribution in [0.25, 0.3) is 0 Å². The molecule has 1 aliphatic heterocycles. The van der Waals surface area contributed by atoms with E-state index in [4.69, 9.17) is 16.3 Å². The summed E-state index contributed by atoms with van der Waals surface area (Å²) in [5.41, 5.74) is 1.61. The highest BCUT2D eigenvalue weighted by atomic mass is 35.5. The molecule has 0 bridgehead atoms. The Morgan fingerprint density at radius 1 is 1.36 bits per heavy atom. The van der Waals surface area contributed by atoms with E-state index in [0.29, 0.717) is 22.8 Å². The molecule has 6 nitrogen and oxygen atoms in total. The molecule has 2 atom stereocenters. The number of fused-ring (bicyclic) bond motifs is 1. The predicted molar refractivity (Wildman–Crippen MR) is 93.9 cm³/mol. The zero-order chi connectivity index (χ0) is 18.1. The summed E-state index contributed by atoms with van der Waals surface area (Å²) in [6, 6.07) is 11.3. The van der Waals surface area contributed by atoms with Crippen LogP contribution in [-0.4, -0.2) is 28.9 Å². The number of likely N-dealkylation sites (N-methyl/N-ethyl adjacent to an activating group) is 1. The SMILES string of the molecule is C[C@H](c1cccc([N+](=O)[O-])c1)N(C)C(=O)[C@@H]1Cc2cc(Cl)ccc2O1. The van der Waals surface area contributed by atoms with Gasteiger partial charge in [-0.25, -0.2) is 0 Å². The first-order valence-corrected chi connectivity index (χ1v) is 8.20. The molecule has 0 aromatic heterocycles. The molecule has 0 spiro atoms. The maximum absolute atomic E-state index is 12.8. The molecule has 0 unspecified atom stereocenters. The molecule has 7 heteroatoms. The Balaban J connectivity index is 1.75. The van der Waals surface area contributed by atoms with Crippen LogP contribution in [0.5, 0.6) is 5.75 Å². The van der Waals surface area contributed by atoms with Crippen LogP contribution in [0.2, 0.25) is 5.02 Å². The number of ether oxygens (including phenoxy) is 1.